The van der Waals surface area contributed by atoms with Gasteiger partial charge in [-0.05, 0) is 17.7 Å². The molecule has 0 unspecified atom stereocenters. The maximum atomic E-state index is 13.0. The minimum atomic E-state index is -4.86. The Morgan fingerprint density at radius 1 is 1.38 bits per heavy atom. The van der Waals surface area contributed by atoms with Crippen LogP contribution < -0.4 is 10.1 Å². The third kappa shape index (κ3) is 5.23. The standard InChI is InChI=1S/C20H17ClF4N4O3/c1-10(22)19(31)29-7-12(8-29)17(26)16-11(9-30)4-5-27-18(16)28-15-3-2-13(6-14(15)21)32-20(23,24)25/h2-6,12,26,30H,1,7-9H2,(H,27,28)/p+1. The SMILES string of the molecule is C=C(F)C(=O)N1CC(C(=N)c2c(CO)ccnc2[NH2+]c2ccc(OC(F)(F)F)cc2Cl)C1. The lowest BCUT2D eigenvalue weighted by Crippen LogP contribution is -2.72. The van der Waals surface area contributed by atoms with Crippen molar-refractivity contribution in [2.75, 3.05) is 13.1 Å². The first-order chi connectivity index (χ1) is 15.0. The van der Waals surface area contributed by atoms with Crippen LogP contribution in [0.2, 0.25) is 5.02 Å². The van der Waals surface area contributed by atoms with Gasteiger partial charge in [-0.3, -0.25) is 10.1 Å². The Labute approximate surface area is 184 Å². The molecule has 1 saturated heterocycles. The van der Waals surface area contributed by atoms with Crippen LogP contribution in [0.25, 0.3) is 0 Å². The van der Waals surface area contributed by atoms with Gasteiger partial charge in [-0.15, -0.1) is 13.2 Å². The number of nitrogens with two attached hydrogens (primary N) is 1. The molecule has 7 nitrogen and oxygen atoms in total. The molecule has 170 valence electrons. The largest absolute Gasteiger partial charge is 0.573 e. The van der Waals surface area contributed by atoms with Gasteiger partial charge in [0.15, 0.2) is 11.5 Å². The van der Waals surface area contributed by atoms with Gasteiger partial charge >= 0.3 is 6.36 Å². The third-order valence-corrected chi connectivity index (χ3v) is 5.14. The second-order valence-electron chi connectivity index (χ2n) is 6.99. The minimum Gasteiger partial charge on any atom is -0.406 e. The van der Waals surface area contributed by atoms with E-state index in [0.29, 0.717) is 16.8 Å². The highest BCUT2D eigenvalue weighted by molar-refractivity contribution is 6.32. The van der Waals surface area contributed by atoms with Gasteiger partial charge in [-0.25, -0.2) is 9.37 Å². The number of benzene rings is 1. The number of hydrogen-bond acceptors (Lipinski definition) is 5. The molecule has 1 fully saturated rings. The van der Waals surface area contributed by atoms with Crippen LogP contribution in [0.5, 0.6) is 5.75 Å². The van der Waals surface area contributed by atoms with E-state index >= 15 is 0 Å². The lowest BCUT2D eigenvalue weighted by Gasteiger charge is -2.39. The van der Waals surface area contributed by atoms with Crippen LogP contribution >= 0.6 is 11.6 Å². The number of pyridine rings is 1. The molecule has 1 aromatic carbocycles. The predicted molar refractivity (Wildman–Crippen MR) is 107 cm³/mol. The highest BCUT2D eigenvalue weighted by Gasteiger charge is 2.37. The van der Waals surface area contributed by atoms with E-state index in [1.807, 2.05) is 0 Å². The molecule has 12 heteroatoms. The van der Waals surface area contributed by atoms with E-state index in [2.05, 4.69) is 16.3 Å². The topological polar surface area (TPSA) is 103 Å². The zero-order chi connectivity index (χ0) is 23.6. The van der Waals surface area contributed by atoms with Crippen molar-refractivity contribution < 1.29 is 37.5 Å². The fourth-order valence-electron chi connectivity index (χ4n) is 3.24. The summed E-state index contributed by atoms with van der Waals surface area (Å²) in [6.45, 7) is 2.77. The van der Waals surface area contributed by atoms with Crippen LogP contribution in [-0.2, 0) is 11.4 Å². The molecule has 0 spiro atoms. The van der Waals surface area contributed by atoms with Gasteiger partial charge in [0.2, 0.25) is 5.82 Å². The summed E-state index contributed by atoms with van der Waals surface area (Å²) in [5.74, 6) is -2.58. The normalized spacial score (nSPS) is 14.1. The summed E-state index contributed by atoms with van der Waals surface area (Å²) < 4.78 is 54.1. The number of quaternary nitrogens is 1. The number of rotatable bonds is 7. The molecule has 2 heterocycles. The molecular formula is C20H18ClF4N4O3+. The monoisotopic (exact) mass is 473 g/mol. The Morgan fingerprint density at radius 3 is 2.62 bits per heavy atom. The lowest BCUT2D eigenvalue weighted by atomic mass is 9.88. The number of carbonyl (C=O) groups excluding carboxylic acids is 1. The van der Waals surface area contributed by atoms with Gasteiger partial charge in [-0.2, -0.15) is 0 Å². The number of hydrogen-bond donors (Lipinski definition) is 3. The number of alkyl halides is 3. The molecule has 4 N–H and O–H groups in total. The van der Waals surface area contributed by atoms with E-state index in [4.69, 9.17) is 17.0 Å². The van der Waals surface area contributed by atoms with Gasteiger partial charge in [0.25, 0.3) is 5.91 Å². The van der Waals surface area contributed by atoms with Crippen molar-refractivity contribution in [3.05, 3.63) is 59.0 Å². The van der Waals surface area contributed by atoms with E-state index in [0.717, 1.165) is 12.1 Å². The quantitative estimate of drug-likeness (QED) is 0.249. The number of nitrogens with zero attached hydrogens (tertiary/aromatic N) is 2. The third-order valence-electron chi connectivity index (χ3n) is 4.81. The Balaban J connectivity index is 1.84. The van der Waals surface area contributed by atoms with Crippen LogP contribution in [0.3, 0.4) is 0 Å². The summed E-state index contributed by atoms with van der Waals surface area (Å²) in [4.78, 5) is 17.1. The van der Waals surface area contributed by atoms with E-state index in [1.165, 1.54) is 28.5 Å². The van der Waals surface area contributed by atoms with E-state index < -0.39 is 36.4 Å². The number of ether oxygens (including phenoxy) is 1. The fraction of sp³-hybridized carbons (Fsp3) is 0.250. The number of aliphatic hydroxyl groups excluding tert-OH is 1. The second kappa shape index (κ2) is 9.23. The predicted octanol–water partition coefficient (Wildman–Crippen LogP) is 2.96. The number of carbonyl (C=O) groups is 1. The van der Waals surface area contributed by atoms with Gasteiger partial charge in [0.1, 0.15) is 10.8 Å². The van der Waals surface area contributed by atoms with Crippen molar-refractivity contribution in [2.45, 2.75) is 13.0 Å². The summed E-state index contributed by atoms with van der Waals surface area (Å²) in [7, 11) is 0. The van der Waals surface area contributed by atoms with Gasteiger partial charge in [0.05, 0.1) is 17.9 Å². The summed E-state index contributed by atoms with van der Waals surface area (Å²) in [6, 6.07) is 4.92. The molecule has 1 aliphatic heterocycles. The van der Waals surface area contributed by atoms with Crippen LogP contribution in [-0.4, -0.2) is 46.1 Å². The van der Waals surface area contributed by atoms with Crippen LogP contribution in [0.1, 0.15) is 11.1 Å². The smallest absolute Gasteiger partial charge is 0.406 e. The van der Waals surface area contributed by atoms with Crippen LogP contribution in [0, 0.1) is 11.3 Å². The number of halogens is 5. The molecule has 0 saturated carbocycles. The van der Waals surface area contributed by atoms with E-state index in [1.54, 1.807) is 0 Å². The van der Waals surface area contributed by atoms with Crippen molar-refractivity contribution in [3.8, 4) is 5.75 Å². The highest BCUT2D eigenvalue weighted by Crippen LogP contribution is 2.30. The molecule has 1 aromatic heterocycles. The average Bonchev–Trinajstić information content (AvgIpc) is 2.67. The number of likely N-dealkylation sites (tertiary alicyclic amines) is 1. The first kappa shape index (κ1) is 23.6. The Hall–Kier alpha value is -3.02. The van der Waals surface area contributed by atoms with E-state index in [-0.39, 0.29) is 29.6 Å². The molecule has 0 radical (unpaired) electrons. The number of amides is 1. The highest BCUT2D eigenvalue weighted by atomic mass is 35.5. The zero-order valence-electron chi connectivity index (χ0n) is 16.4. The molecule has 0 bridgehead atoms. The summed E-state index contributed by atoms with van der Waals surface area (Å²) in [5, 5.41) is 19.7. The number of aliphatic hydroxyl groups is 1. The van der Waals surface area contributed by atoms with Crippen molar-refractivity contribution in [2.24, 2.45) is 5.92 Å². The molecule has 0 atom stereocenters. The molecule has 2 aromatic rings. The fourth-order valence-corrected chi connectivity index (χ4v) is 3.47. The van der Waals surface area contributed by atoms with Gasteiger partial charge in [0, 0.05) is 37.3 Å². The van der Waals surface area contributed by atoms with Crippen molar-refractivity contribution in [1.29, 1.82) is 5.41 Å². The molecule has 3 rings (SSSR count). The summed E-state index contributed by atoms with van der Waals surface area (Å²) in [6.07, 6.45) is -3.45. The Morgan fingerprint density at radius 2 is 2.06 bits per heavy atom. The van der Waals surface area contributed by atoms with Crippen molar-refractivity contribution >= 4 is 34.7 Å². The second-order valence-corrected chi connectivity index (χ2v) is 7.40. The molecular weight excluding hydrogens is 456 g/mol. The zero-order valence-corrected chi connectivity index (χ0v) is 17.2. The van der Waals surface area contributed by atoms with Crippen molar-refractivity contribution in [3.63, 3.8) is 0 Å². The minimum absolute atomic E-state index is 0.0395. The first-order valence-corrected chi connectivity index (χ1v) is 9.59. The molecule has 32 heavy (non-hydrogen) atoms. The Bertz CT molecular complexity index is 1070. The lowest BCUT2D eigenvalue weighted by molar-refractivity contribution is -0.483. The average molecular weight is 474 g/mol. The molecule has 0 aliphatic carbocycles. The summed E-state index contributed by atoms with van der Waals surface area (Å²) in [5.41, 5.74) is 1.09. The van der Waals surface area contributed by atoms with Crippen LogP contribution in [0.4, 0.5) is 29.1 Å². The first-order valence-electron chi connectivity index (χ1n) is 9.21. The number of nitrogens with one attached hydrogen (secondary N) is 1. The van der Waals surface area contributed by atoms with Crippen molar-refractivity contribution in [1.82, 2.24) is 9.88 Å². The van der Waals surface area contributed by atoms with Gasteiger partial charge in [-0.1, -0.05) is 18.2 Å². The van der Waals surface area contributed by atoms with Gasteiger partial charge < -0.3 is 20.2 Å². The number of aromatic nitrogens is 1. The maximum absolute atomic E-state index is 13.0. The van der Waals surface area contributed by atoms with E-state index in [9.17, 15) is 27.5 Å². The summed E-state index contributed by atoms with van der Waals surface area (Å²) >= 11 is 6.10. The maximum Gasteiger partial charge on any atom is 0.573 e. The molecule has 1 aliphatic rings. The molecule has 1 amide bonds. The Kier molecular flexibility index (Phi) is 6.82. The van der Waals surface area contributed by atoms with Crippen LogP contribution in [0.15, 0.2) is 42.9 Å².